The molecule has 0 aromatic carbocycles. The molecule has 1 atom stereocenters. The van der Waals surface area contributed by atoms with E-state index in [0.717, 1.165) is 12.8 Å². The third-order valence-corrected chi connectivity index (χ3v) is 4.62. The number of aromatic nitrogens is 2. The zero-order chi connectivity index (χ0) is 11.6. The summed E-state index contributed by atoms with van der Waals surface area (Å²) >= 11 is 0. The molecule has 16 heavy (non-hydrogen) atoms. The Morgan fingerprint density at radius 2 is 2.44 bits per heavy atom. The first-order valence-electron chi connectivity index (χ1n) is 5.24. The molecule has 1 fully saturated rings. The summed E-state index contributed by atoms with van der Waals surface area (Å²) in [5.74, 6) is 0.0476. The van der Waals surface area contributed by atoms with Gasteiger partial charge in [0.2, 0.25) is 0 Å². The molecule has 1 aromatic rings. The van der Waals surface area contributed by atoms with Gasteiger partial charge >= 0.3 is 0 Å². The van der Waals surface area contributed by atoms with Crippen LogP contribution in [0.5, 0.6) is 0 Å². The zero-order valence-electron chi connectivity index (χ0n) is 8.83. The first kappa shape index (κ1) is 11.6. The average Bonchev–Trinajstić information content (AvgIpc) is 2.83. The molecule has 0 spiro atoms. The molecule has 2 heterocycles. The van der Waals surface area contributed by atoms with E-state index in [1.165, 1.54) is 16.8 Å². The Balaban J connectivity index is 2.18. The summed E-state index contributed by atoms with van der Waals surface area (Å²) in [6.45, 7) is 0.935. The van der Waals surface area contributed by atoms with Gasteiger partial charge in [-0.05, 0) is 18.8 Å². The monoisotopic (exact) mass is 245 g/mol. The van der Waals surface area contributed by atoms with Crippen molar-refractivity contribution in [1.29, 1.82) is 0 Å². The zero-order valence-corrected chi connectivity index (χ0v) is 9.65. The van der Waals surface area contributed by atoms with Crippen LogP contribution in [0.25, 0.3) is 0 Å². The van der Waals surface area contributed by atoms with Gasteiger partial charge in [0.05, 0.1) is 12.5 Å². The highest BCUT2D eigenvalue weighted by molar-refractivity contribution is 7.89. The molecule has 7 heteroatoms. The van der Waals surface area contributed by atoms with Crippen molar-refractivity contribution < 1.29 is 13.5 Å². The van der Waals surface area contributed by atoms with Crippen LogP contribution in [0, 0.1) is 5.92 Å². The molecule has 90 valence electrons. The summed E-state index contributed by atoms with van der Waals surface area (Å²) < 4.78 is 25.6. The predicted molar refractivity (Wildman–Crippen MR) is 57.2 cm³/mol. The van der Waals surface area contributed by atoms with Gasteiger partial charge in [-0.1, -0.05) is 0 Å². The van der Waals surface area contributed by atoms with E-state index >= 15 is 0 Å². The van der Waals surface area contributed by atoms with E-state index in [1.807, 2.05) is 0 Å². The molecular weight excluding hydrogens is 230 g/mol. The molecule has 1 aliphatic heterocycles. The second-order valence-corrected chi connectivity index (χ2v) is 5.88. The molecule has 1 aromatic heterocycles. The van der Waals surface area contributed by atoms with Crippen LogP contribution >= 0.6 is 0 Å². The Morgan fingerprint density at radius 3 is 3.06 bits per heavy atom. The number of aliphatic hydroxyl groups excluding tert-OH is 1. The lowest BCUT2D eigenvalue weighted by Gasteiger charge is -2.30. The predicted octanol–water partition coefficient (Wildman–Crippen LogP) is -0.197. The van der Waals surface area contributed by atoms with E-state index in [1.54, 1.807) is 0 Å². The second kappa shape index (κ2) is 4.52. The maximum Gasteiger partial charge on any atom is 0.260 e. The minimum Gasteiger partial charge on any atom is -0.396 e. The molecule has 0 aliphatic carbocycles. The van der Waals surface area contributed by atoms with Gasteiger partial charge in [0.25, 0.3) is 10.0 Å². The number of hydrogen-bond donors (Lipinski definition) is 2. The van der Waals surface area contributed by atoms with Gasteiger partial charge in [0, 0.05) is 19.7 Å². The maximum atomic E-state index is 12.1. The van der Waals surface area contributed by atoms with Gasteiger partial charge in [-0.15, -0.1) is 0 Å². The van der Waals surface area contributed by atoms with Crippen LogP contribution in [-0.2, 0) is 10.0 Å². The second-order valence-electron chi connectivity index (χ2n) is 3.97. The van der Waals surface area contributed by atoms with E-state index in [9.17, 15) is 8.42 Å². The summed E-state index contributed by atoms with van der Waals surface area (Å²) in [6.07, 6.45) is 4.32. The van der Waals surface area contributed by atoms with Crippen LogP contribution in [0.15, 0.2) is 17.6 Å². The first-order valence-corrected chi connectivity index (χ1v) is 6.68. The fourth-order valence-corrected chi connectivity index (χ4v) is 3.37. The van der Waals surface area contributed by atoms with Gasteiger partial charge in [-0.25, -0.2) is 13.4 Å². The lowest BCUT2D eigenvalue weighted by molar-refractivity contribution is 0.165. The number of piperidine rings is 1. The van der Waals surface area contributed by atoms with Crippen molar-refractivity contribution >= 4 is 10.0 Å². The van der Waals surface area contributed by atoms with E-state index in [2.05, 4.69) is 9.97 Å². The molecule has 2 rings (SSSR count). The number of aliphatic hydroxyl groups is 1. The maximum absolute atomic E-state index is 12.1. The fourth-order valence-electron chi connectivity index (χ4n) is 1.92. The van der Waals surface area contributed by atoms with Crippen molar-refractivity contribution in [2.75, 3.05) is 19.7 Å². The summed E-state index contributed by atoms with van der Waals surface area (Å²) in [4.78, 5) is 6.32. The van der Waals surface area contributed by atoms with E-state index in [0.29, 0.717) is 13.1 Å². The summed E-state index contributed by atoms with van der Waals surface area (Å²) in [5, 5.41) is 9.18. The van der Waals surface area contributed by atoms with Crippen LogP contribution < -0.4 is 0 Å². The van der Waals surface area contributed by atoms with Gasteiger partial charge < -0.3 is 10.1 Å². The first-order chi connectivity index (χ1) is 7.64. The number of hydrogen-bond acceptors (Lipinski definition) is 4. The number of nitrogens with zero attached hydrogens (tertiary/aromatic N) is 2. The van der Waals surface area contributed by atoms with Crippen molar-refractivity contribution in [3.8, 4) is 0 Å². The molecule has 1 saturated heterocycles. The Kier molecular flexibility index (Phi) is 3.27. The Labute approximate surface area is 94.4 Å². The van der Waals surface area contributed by atoms with Gasteiger partial charge in [-0.3, -0.25) is 0 Å². The van der Waals surface area contributed by atoms with Crippen molar-refractivity contribution in [2.45, 2.75) is 17.9 Å². The van der Waals surface area contributed by atoms with E-state index < -0.39 is 10.0 Å². The topological polar surface area (TPSA) is 86.3 Å². The van der Waals surface area contributed by atoms with E-state index in [4.69, 9.17) is 5.11 Å². The van der Waals surface area contributed by atoms with Gasteiger partial charge in [-0.2, -0.15) is 4.31 Å². The average molecular weight is 245 g/mol. The number of H-pyrrole nitrogens is 1. The minimum absolute atomic E-state index is 0.0367. The highest BCUT2D eigenvalue weighted by atomic mass is 32.2. The standard InChI is InChI=1S/C9H15N3O3S/c13-6-8-2-1-3-12(5-8)16(14,15)9-4-10-7-11-9/h4,7-8,13H,1-3,5-6H2,(H,10,11). The smallest absolute Gasteiger partial charge is 0.260 e. The molecule has 0 saturated carbocycles. The largest absolute Gasteiger partial charge is 0.396 e. The molecule has 0 amide bonds. The van der Waals surface area contributed by atoms with Crippen LogP contribution in [0.1, 0.15) is 12.8 Å². The molecular formula is C9H15N3O3S. The number of imidazole rings is 1. The highest BCUT2D eigenvalue weighted by Gasteiger charge is 2.30. The summed E-state index contributed by atoms with van der Waals surface area (Å²) in [5.41, 5.74) is 0. The number of rotatable bonds is 3. The van der Waals surface area contributed by atoms with Crippen LogP contribution in [0.4, 0.5) is 0 Å². The lowest BCUT2D eigenvalue weighted by Crippen LogP contribution is -2.40. The molecule has 6 nitrogen and oxygen atoms in total. The lowest BCUT2D eigenvalue weighted by atomic mass is 10.0. The quantitative estimate of drug-likeness (QED) is 0.772. The Bertz CT molecular complexity index is 429. The number of sulfonamides is 1. The third kappa shape index (κ3) is 2.11. The number of nitrogens with one attached hydrogen (secondary N) is 1. The third-order valence-electron chi connectivity index (χ3n) is 2.83. The van der Waals surface area contributed by atoms with Gasteiger partial charge in [0.1, 0.15) is 0 Å². The van der Waals surface area contributed by atoms with Crippen LogP contribution in [0.3, 0.4) is 0 Å². The van der Waals surface area contributed by atoms with Crippen molar-refractivity contribution in [3.63, 3.8) is 0 Å². The Morgan fingerprint density at radius 1 is 1.62 bits per heavy atom. The number of aromatic amines is 1. The van der Waals surface area contributed by atoms with Crippen molar-refractivity contribution in [1.82, 2.24) is 14.3 Å². The normalized spacial score (nSPS) is 23.4. The van der Waals surface area contributed by atoms with Gasteiger partial charge in [0.15, 0.2) is 5.03 Å². The molecule has 0 bridgehead atoms. The van der Waals surface area contributed by atoms with Crippen molar-refractivity contribution in [3.05, 3.63) is 12.5 Å². The summed E-state index contributed by atoms with van der Waals surface area (Å²) in [7, 11) is -3.46. The highest BCUT2D eigenvalue weighted by Crippen LogP contribution is 2.21. The van der Waals surface area contributed by atoms with Crippen LogP contribution in [-0.4, -0.2) is 47.5 Å². The molecule has 0 radical (unpaired) electrons. The fraction of sp³-hybridized carbons (Fsp3) is 0.667. The SMILES string of the molecule is O=S(=O)(c1cnc[nH]1)N1CCCC(CO)C1. The molecule has 1 aliphatic rings. The Hall–Kier alpha value is -0.920. The van der Waals surface area contributed by atoms with Crippen molar-refractivity contribution in [2.24, 2.45) is 5.92 Å². The molecule has 1 unspecified atom stereocenters. The minimum atomic E-state index is -3.46. The van der Waals surface area contributed by atoms with Crippen LogP contribution in [0.2, 0.25) is 0 Å². The van der Waals surface area contributed by atoms with E-state index in [-0.39, 0.29) is 17.6 Å². The summed E-state index contributed by atoms with van der Waals surface area (Å²) in [6, 6.07) is 0. The molecule has 2 N–H and O–H groups in total.